The predicted octanol–water partition coefficient (Wildman–Crippen LogP) is 3.91. The molecule has 0 spiro atoms. The molecule has 0 saturated carbocycles. The lowest BCUT2D eigenvalue weighted by Crippen LogP contribution is -2.41. The van der Waals surface area contributed by atoms with Crippen LogP contribution < -0.4 is 5.32 Å². The van der Waals surface area contributed by atoms with Crippen LogP contribution in [-0.4, -0.2) is 30.4 Å². The molecule has 2 rings (SSSR count). The van der Waals surface area contributed by atoms with E-state index in [-0.39, 0.29) is 23.7 Å². The van der Waals surface area contributed by atoms with Crippen LogP contribution in [0.25, 0.3) is 0 Å². The van der Waals surface area contributed by atoms with Crippen LogP contribution in [-0.2, 0) is 4.79 Å². The molecular formula is C19H29FN2O. The summed E-state index contributed by atoms with van der Waals surface area (Å²) in [6.07, 6.45) is 5.24. The average Bonchev–Trinajstić information content (AvgIpc) is 2.59. The Kier molecular flexibility index (Phi) is 7.03. The van der Waals surface area contributed by atoms with Gasteiger partial charge in [-0.15, -0.1) is 0 Å². The fourth-order valence-electron chi connectivity index (χ4n) is 3.23. The van der Waals surface area contributed by atoms with Gasteiger partial charge in [-0.25, -0.2) is 4.39 Å². The van der Waals surface area contributed by atoms with E-state index in [4.69, 9.17) is 0 Å². The molecule has 1 atom stereocenters. The van der Waals surface area contributed by atoms with Crippen LogP contribution in [0.4, 0.5) is 4.39 Å². The van der Waals surface area contributed by atoms with Crippen LogP contribution in [0.5, 0.6) is 0 Å². The van der Waals surface area contributed by atoms with Gasteiger partial charge >= 0.3 is 0 Å². The van der Waals surface area contributed by atoms with Gasteiger partial charge in [0.25, 0.3) is 0 Å². The second-order valence-electron chi connectivity index (χ2n) is 6.54. The van der Waals surface area contributed by atoms with E-state index in [9.17, 15) is 9.18 Å². The molecule has 0 radical (unpaired) electrons. The highest BCUT2D eigenvalue weighted by molar-refractivity contribution is 5.78. The number of rotatable bonds is 7. The van der Waals surface area contributed by atoms with Crippen LogP contribution >= 0.6 is 0 Å². The maximum atomic E-state index is 13.0. The first-order chi connectivity index (χ1) is 11.1. The standard InChI is InChI=1S/C19H29FN2O/c1-3-4-5-12-21-19(23)17-10-13-22(14-11-17)15(2)16-6-8-18(20)9-7-16/h6-9,15,17H,3-5,10-14H2,1-2H3,(H,21,23). The monoisotopic (exact) mass is 320 g/mol. The Hall–Kier alpha value is -1.42. The third kappa shape index (κ3) is 5.31. The van der Waals surface area contributed by atoms with Crippen molar-refractivity contribution in [2.45, 2.75) is 52.0 Å². The van der Waals surface area contributed by atoms with E-state index < -0.39 is 0 Å². The molecule has 0 aromatic heterocycles. The van der Waals surface area contributed by atoms with Crippen molar-refractivity contribution in [3.8, 4) is 0 Å². The maximum absolute atomic E-state index is 13.0. The van der Waals surface area contributed by atoms with Gasteiger partial charge in [0, 0.05) is 18.5 Å². The van der Waals surface area contributed by atoms with Crippen LogP contribution in [0.2, 0.25) is 0 Å². The SMILES string of the molecule is CCCCCNC(=O)C1CCN(C(C)c2ccc(F)cc2)CC1. The molecule has 1 N–H and O–H groups in total. The van der Waals surface area contributed by atoms with Gasteiger partial charge in [-0.05, 0) is 57.0 Å². The molecule has 1 aliphatic rings. The number of carbonyl (C=O) groups excluding carboxylic acids is 1. The number of nitrogens with one attached hydrogen (secondary N) is 1. The molecule has 1 saturated heterocycles. The average molecular weight is 320 g/mol. The number of unbranched alkanes of at least 4 members (excludes halogenated alkanes) is 2. The molecule has 1 aromatic rings. The lowest BCUT2D eigenvalue weighted by Gasteiger charge is -2.35. The Morgan fingerprint density at radius 2 is 1.91 bits per heavy atom. The van der Waals surface area contributed by atoms with E-state index in [2.05, 4.69) is 24.1 Å². The van der Waals surface area contributed by atoms with Crippen molar-refractivity contribution in [3.05, 3.63) is 35.6 Å². The molecule has 1 fully saturated rings. The van der Waals surface area contributed by atoms with Crippen molar-refractivity contribution in [1.29, 1.82) is 0 Å². The molecule has 23 heavy (non-hydrogen) atoms. The molecule has 1 heterocycles. The second-order valence-corrected chi connectivity index (χ2v) is 6.54. The quantitative estimate of drug-likeness (QED) is 0.773. The Morgan fingerprint density at radius 3 is 2.52 bits per heavy atom. The summed E-state index contributed by atoms with van der Waals surface area (Å²) in [5.74, 6) is 0.169. The first kappa shape index (κ1) is 17.9. The van der Waals surface area contributed by atoms with Gasteiger partial charge in [0.05, 0.1) is 0 Å². The Morgan fingerprint density at radius 1 is 1.26 bits per heavy atom. The van der Waals surface area contributed by atoms with Crippen LogP contribution in [0.1, 0.15) is 57.6 Å². The molecule has 128 valence electrons. The zero-order valence-corrected chi connectivity index (χ0v) is 14.4. The summed E-state index contributed by atoms with van der Waals surface area (Å²) in [5, 5.41) is 3.07. The molecule has 0 bridgehead atoms. The Labute approximate surface area is 139 Å². The third-order valence-corrected chi connectivity index (χ3v) is 4.88. The van der Waals surface area contributed by atoms with E-state index in [1.165, 1.54) is 25.0 Å². The van der Waals surface area contributed by atoms with Crippen LogP contribution in [0.3, 0.4) is 0 Å². The first-order valence-electron chi connectivity index (χ1n) is 8.89. The Balaban J connectivity index is 1.76. The normalized spacial score (nSPS) is 17.9. The Bertz CT molecular complexity index is 481. The number of piperidine rings is 1. The molecule has 1 aliphatic heterocycles. The van der Waals surface area contributed by atoms with Crippen molar-refractivity contribution < 1.29 is 9.18 Å². The van der Waals surface area contributed by atoms with Gasteiger partial charge in [0.15, 0.2) is 0 Å². The minimum absolute atomic E-state index is 0.147. The number of likely N-dealkylation sites (tertiary alicyclic amines) is 1. The van der Waals surface area contributed by atoms with E-state index in [0.29, 0.717) is 0 Å². The predicted molar refractivity (Wildman–Crippen MR) is 91.6 cm³/mol. The second kappa shape index (κ2) is 9.02. The van der Waals surface area contributed by atoms with Gasteiger partial charge in [0.1, 0.15) is 5.82 Å². The molecule has 0 aliphatic carbocycles. The number of benzene rings is 1. The van der Waals surface area contributed by atoms with Crippen molar-refractivity contribution in [2.75, 3.05) is 19.6 Å². The summed E-state index contributed by atoms with van der Waals surface area (Å²) < 4.78 is 13.0. The van der Waals surface area contributed by atoms with Gasteiger partial charge in [-0.2, -0.15) is 0 Å². The lowest BCUT2D eigenvalue weighted by atomic mass is 9.94. The van der Waals surface area contributed by atoms with Crippen molar-refractivity contribution in [1.82, 2.24) is 10.2 Å². The van der Waals surface area contributed by atoms with E-state index in [1.54, 1.807) is 0 Å². The largest absolute Gasteiger partial charge is 0.356 e. The van der Waals surface area contributed by atoms with Crippen LogP contribution in [0, 0.1) is 11.7 Å². The number of nitrogens with zero attached hydrogens (tertiary/aromatic N) is 1. The van der Waals surface area contributed by atoms with Gasteiger partial charge < -0.3 is 5.32 Å². The van der Waals surface area contributed by atoms with Gasteiger partial charge in [0.2, 0.25) is 5.91 Å². The molecule has 1 unspecified atom stereocenters. The molecule has 3 nitrogen and oxygen atoms in total. The van der Waals surface area contributed by atoms with Gasteiger partial charge in [-0.3, -0.25) is 9.69 Å². The molecule has 4 heteroatoms. The maximum Gasteiger partial charge on any atom is 0.223 e. The smallest absolute Gasteiger partial charge is 0.223 e. The molecular weight excluding hydrogens is 291 g/mol. The highest BCUT2D eigenvalue weighted by atomic mass is 19.1. The van der Waals surface area contributed by atoms with E-state index >= 15 is 0 Å². The highest BCUT2D eigenvalue weighted by Crippen LogP contribution is 2.26. The fourth-order valence-corrected chi connectivity index (χ4v) is 3.23. The number of hydrogen-bond donors (Lipinski definition) is 1. The summed E-state index contributed by atoms with van der Waals surface area (Å²) in [6.45, 7) is 6.97. The zero-order chi connectivity index (χ0) is 16.7. The van der Waals surface area contributed by atoms with Crippen molar-refractivity contribution in [3.63, 3.8) is 0 Å². The summed E-state index contributed by atoms with van der Waals surface area (Å²) in [6, 6.07) is 7.01. The number of amides is 1. The molecule has 1 amide bonds. The zero-order valence-electron chi connectivity index (χ0n) is 14.4. The van der Waals surface area contributed by atoms with E-state index in [1.807, 2.05) is 12.1 Å². The number of carbonyl (C=O) groups is 1. The van der Waals surface area contributed by atoms with Crippen molar-refractivity contribution >= 4 is 5.91 Å². The number of halogens is 1. The topological polar surface area (TPSA) is 32.3 Å². The first-order valence-corrected chi connectivity index (χ1v) is 8.89. The van der Waals surface area contributed by atoms with Gasteiger partial charge in [-0.1, -0.05) is 31.9 Å². The summed E-state index contributed by atoms with van der Waals surface area (Å²) in [5.41, 5.74) is 1.13. The summed E-state index contributed by atoms with van der Waals surface area (Å²) in [7, 11) is 0. The lowest BCUT2D eigenvalue weighted by molar-refractivity contribution is -0.126. The van der Waals surface area contributed by atoms with Crippen LogP contribution in [0.15, 0.2) is 24.3 Å². The minimum Gasteiger partial charge on any atom is -0.356 e. The third-order valence-electron chi connectivity index (χ3n) is 4.88. The molecule has 1 aromatic carbocycles. The van der Waals surface area contributed by atoms with E-state index in [0.717, 1.165) is 44.5 Å². The summed E-state index contributed by atoms with van der Waals surface area (Å²) >= 11 is 0. The summed E-state index contributed by atoms with van der Waals surface area (Å²) in [4.78, 5) is 14.6. The van der Waals surface area contributed by atoms with Crippen molar-refractivity contribution in [2.24, 2.45) is 5.92 Å². The fraction of sp³-hybridized carbons (Fsp3) is 0.632. The number of hydrogen-bond acceptors (Lipinski definition) is 2. The minimum atomic E-state index is -0.195. The highest BCUT2D eigenvalue weighted by Gasteiger charge is 2.27.